The molecule has 0 radical (unpaired) electrons. The molecule has 200 valence electrons. The number of para-hydroxylation sites is 1. The van der Waals surface area contributed by atoms with Crippen molar-refractivity contribution in [2.45, 2.75) is 43.1 Å². The molecule has 0 spiro atoms. The molecule has 7 nitrogen and oxygen atoms in total. The summed E-state index contributed by atoms with van der Waals surface area (Å²) in [6.07, 6.45) is 1.98. The monoisotopic (exact) mass is 551 g/mol. The van der Waals surface area contributed by atoms with E-state index in [9.17, 15) is 8.42 Å². The first-order chi connectivity index (χ1) is 18.1. The molecule has 38 heavy (non-hydrogen) atoms. The second-order valence-corrected chi connectivity index (χ2v) is 14.3. The molecule has 0 saturated carbocycles. The molecule has 0 unspecified atom stereocenters. The van der Waals surface area contributed by atoms with E-state index in [0.29, 0.717) is 12.3 Å². The molecule has 0 aromatic heterocycles. The summed E-state index contributed by atoms with van der Waals surface area (Å²) >= 11 is 0. The zero-order chi connectivity index (χ0) is 27.0. The number of allylic oxidation sites excluding steroid dienone is 1. The standard InChI is InChI=1S/C29H34N3O4PS/c1-29(2)26-13-7-8-14-27(26)32(3)28(29)21-37(24-11-5-4-6-12-24,36-20-23-10-9-19-35-23)31-22-15-17-25(18-16-22)38(30,33)34/h4-8,11-18,21,23H,9-10,19-20H2,1-3H3,(H2,30,33,34)/b28-21-/t23-,37-/m0/s1. The lowest BCUT2D eigenvalue weighted by Crippen LogP contribution is -2.24. The van der Waals surface area contributed by atoms with Crippen molar-refractivity contribution >= 4 is 34.0 Å². The number of ether oxygens (including phenoxy) is 1. The number of rotatable bonds is 7. The lowest BCUT2D eigenvalue weighted by Gasteiger charge is -2.30. The van der Waals surface area contributed by atoms with E-state index < -0.39 is 17.3 Å². The van der Waals surface area contributed by atoms with Crippen LogP contribution in [0.15, 0.2) is 100 Å². The third kappa shape index (κ3) is 5.24. The molecule has 3 aromatic carbocycles. The van der Waals surface area contributed by atoms with Gasteiger partial charge in [0.2, 0.25) is 10.0 Å². The molecule has 3 aromatic rings. The summed E-state index contributed by atoms with van der Waals surface area (Å²) in [6, 6.07) is 24.9. The van der Waals surface area contributed by atoms with Crippen molar-refractivity contribution in [3.63, 3.8) is 0 Å². The molecule has 2 atom stereocenters. The van der Waals surface area contributed by atoms with Gasteiger partial charge in [0.25, 0.3) is 0 Å². The second kappa shape index (κ2) is 10.4. The normalized spacial score (nSPS) is 21.3. The topological polar surface area (TPSA) is 94.2 Å². The lowest BCUT2D eigenvalue weighted by molar-refractivity contribution is 0.0723. The number of nitrogens with two attached hydrogens (primary N) is 1. The molecular weight excluding hydrogens is 517 g/mol. The minimum atomic E-state index is -3.81. The van der Waals surface area contributed by atoms with Gasteiger partial charge in [-0.3, -0.25) is 0 Å². The summed E-state index contributed by atoms with van der Waals surface area (Å²) in [5.74, 6) is 2.21. The number of nitrogens with zero attached hydrogens (tertiary/aromatic N) is 2. The number of anilines is 1. The van der Waals surface area contributed by atoms with Crippen molar-refractivity contribution in [2.75, 3.05) is 25.2 Å². The van der Waals surface area contributed by atoms with Crippen LogP contribution in [0.1, 0.15) is 32.3 Å². The van der Waals surface area contributed by atoms with E-state index in [1.165, 1.54) is 17.7 Å². The minimum absolute atomic E-state index is 0.0166. The van der Waals surface area contributed by atoms with Crippen LogP contribution in [0.3, 0.4) is 0 Å². The van der Waals surface area contributed by atoms with Gasteiger partial charge in [-0.25, -0.2) is 18.3 Å². The summed E-state index contributed by atoms with van der Waals surface area (Å²) in [6.45, 7) is 5.61. The maximum absolute atomic E-state index is 11.8. The van der Waals surface area contributed by atoms with Crippen molar-refractivity contribution in [1.82, 2.24) is 0 Å². The van der Waals surface area contributed by atoms with E-state index in [1.807, 2.05) is 18.2 Å². The highest BCUT2D eigenvalue weighted by atomic mass is 32.2. The summed E-state index contributed by atoms with van der Waals surface area (Å²) in [7, 11) is -4.54. The number of fused-ring (bicyclic) bond motifs is 1. The van der Waals surface area contributed by atoms with Gasteiger partial charge in [0.05, 0.1) is 23.3 Å². The van der Waals surface area contributed by atoms with E-state index in [1.54, 1.807) is 12.1 Å². The van der Waals surface area contributed by atoms with Crippen molar-refractivity contribution in [1.29, 1.82) is 0 Å². The van der Waals surface area contributed by atoms with E-state index in [-0.39, 0.29) is 16.4 Å². The van der Waals surface area contributed by atoms with Crippen molar-refractivity contribution < 1.29 is 17.7 Å². The summed E-state index contributed by atoms with van der Waals surface area (Å²) in [5.41, 5.74) is 3.86. The van der Waals surface area contributed by atoms with E-state index in [0.717, 1.165) is 36.1 Å². The van der Waals surface area contributed by atoms with Gasteiger partial charge in [-0.05, 0) is 48.7 Å². The Kier molecular flexibility index (Phi) is 7.37. The Morgan fingerprint density at radius 2 is 1.76 bits per heavy atom. The molecule has 1 saturated heterocycles. The quantitative estimate of drug-likeness (QED) is 0.371. The summed E-state index contributed by atoms with van der Waals surface area (Å²) < 4.78 is 41.7. The van der Waals surface area contributed by atoms with Crippen molar-refractivity contribution in [3.05, 3.63) is 95.9 Å². The van der Waals surface area contributed by atoms with Crippen LogP contribution in [0.4, 0.5) is 11.4 Å². The zero-order valence-electron chi connectivity index (χ0n) is 21.9. The highest BCUT2D eigenvalue weighted by Crippen LogP contribution is 2.58. The van der Waals surface area contributed by atoms with Crippen LogP contribution in [-0.4, -0.2) is 34.8 Å². The fourth-order valence-corrected chi connectivity index (χ4v) is 8.60. The number of hydrogen-bond acceptors (Lipinski definition) is 6. The van der Waals surface area contributed by atoms with Gasteiger partial charge in [-0.1, -0.05) is 62.4 Å². The number of likely N-dealkylation sites (N-methyl/N-ethyl adjacent to an activating group) is 1. The first kappa shape index (κ1) is 26.9. The highest BCUT2D eigenvalue weighted by molar-refractivity contribution is 7.89. The van der Waals surface area contributed by atoms with Crippen LogP contribution >= 0.6 is 7.28 Å². The molecule has 0 aliphatic carbocycles. The number of sulfonamides is 1. The molecule has 2 aliphatic rings. The smallest absolute Gasteiger partial charge is 0.238 e. The maximum Gasteiger partial charge on any atom is 0.238 e. The van der Waals surface area contributed by atoms with Crippen LogP contribution in [0, 0.1) is 0 Å². The van der Waals surface area contributed by atoms with Crippen molar-refractivity contribution in [3.8, 4) is 0 Å². The Balaban J connectivity index is 1.72. The Hall–Kier alpha value is -2.74. The third-order valence-electron chi connectivity index (χ3n) is 7.27. The number of hydrogen-bond donors (Lipinski definition) is 1. The molecule has 0 amide bonds. The molecule has 0 bridgehead atoms. The Labute approximate surface area is 225 Å². The molecular formula is C29H34N3O4PS. The average Bonchev–Trinajstić information content (AvgIpc) is 3.49. The van der Waals surface area contributed by atoms with Crippen LogP contribution < -0.4 is 15.3 Å². The zero-order valence-corrected chi connectivity index (χ0v) is 23.7. The minimum Gasteiger partial charge on any atom is -0.376 e. The van der Waals surface area contributed by atoms with Gasteiger partial charge in [0.1, 0.15) is 7.28 Å². The highest BCUT2D eigenvalue weighted by Gasteiger charge is 2.40. The van der Waals surface area contributed by atoms with Crippen molar-refractivity contribution in [2.24, 2.45) is 9.88 Å². The van der Waals surface area contributed by atoms with Gasteiger partial charge in [0.15, 0.2) is 0 Å². The van der Waals surface area contributed by atoms with E-state index in [4.69, 9.17) is 19.1 Å². The Morgan fingerprint density at radius 3 is 2.39 bits per heavy atom. The molecule has 5 rings (SSSR count). The maximum atomic E-state index is 11.8. The number of primary sulfonamides is 1. The van der Waals surface area contributed by atoms with Crippen LogP contribution in [0.5, 0.6) is 0 Å². The molecule has 9 heteroatoms. The summed E-state index contributed by atoms with van der Waals surface area (Å²) in [4.78, 5) is 2.27. The molecule has 1 fully saturated rings. The van der Waals surface area contributed by atoms with Gasteiger partial charge in [0, 0.05) is 41.6 Å². The second-order valence-electron chi connectivity index (χ2n) is 10.2. The SMILES string of the molecule is CN1/C(=C\[P@](=Nc2ccc(S(N)(=O)=O)cc2)(OC[C@@H]2CCCO2)c2ccccc2)C(C)(C)c2ccccc21. The van der Waals surface area contributed by atoms with E-state index >= 15 is 0 Å². The predicted molar refractivity (Wildman–Crippen MR) is 154 cm³/mol. The molecule has 2 aliphatic heterocycles. The first-order valence-corrected chi connectivity index (χ1v) is 16.0. The Bertz CT molecular complexity index is 1500. The first-order valence-electron chi connectivity index (χ1n) is 12.7. The van der Waals surface area contributed by atoms with Gasteiger partial charge in [-0.2, -0.15) is 0 Å². The molecule has 2 heterocycles. The third-order valence-corrected chi connectivity index (χ3v) is 10.9. The van der Waals surface area contributed by atoms with Gasteiger partial charge >= 0.3 is 0 Å². The van der Waals surface area contributed by atoms with Crippen LogP contribution in [0.25, 0.3) is 0 Å². The number of benzene rings is 3. The Morgan fingerprint density at radius 1 is 1.08 bits per heavy atom. The molecule has 2 N–H and O–H groups in total. The lowest BCUT2D eigenvalue weighted by atomic mass is 9.84. The van der Waals surface area contributed by atoms with Gasteiger partial charge in [-0.15, -0.1) is 0 Å². The fraction of sp³-hybridized carbons (Fsp3) is 0.310. The van der Waals surface area contributed by atoms with Crippen LogP contribution in [0.2, 0.25) is 0 Å². The van der Waals surface area contributed by atoms with Crippen LogP contribution in [-0.2, 0) is 24.7 Å². The van der Waals surface area contributed by atoms with E-state index in [2.05, 4.69) is 68.0 Å². The average molecular weight is 552 g/mol. The largest absolute Gasteiger partial charge is 0.376 e. The fourth-order valence-electron chi connectivity index (χ4n) is 5.19. The van der Waals surface area contributed by atoms with Gasteiger partial charge < -0.3 is 14.2 Å². The summed E-state index contributed by atoms with van der Waals surface area (Å²) in [5, 5.41) is 6.31. The predicted octanol–water partition coefficient (Wildman–Crippen LogP) is 5.87.